The molecular weight excluding hydrogens is 429 g/mol. The average molecular weight is 449 g/mol. The van der Waals surface area contributed by atoms with E-state index in [9.17, 15) is 14.4 Å². The lowest BCUT2D eigenvalue weighted by atomic mass is 10.3. The van der Waals surface area contributed by atoms with E-state index in [-0.39, 0.29) is 4.94 Å². The van der Waals surface area contributed by atoms with E-state index >= 15 is 0 Å². The van der Waals surface area contributed by atoms with Gasteiger partial charge in [-0.3, -0.25) is 14.4 Å². The highest BCUT2D eigenvalue weighted by atomic mass is 31.2. The van der Waals surface area contributed by atoms with Crippen molar-refractivity contribution in [3.05, 3.63) is 157 Å². The van der Waals surface area contributed by atoms with E-state index in [0.717, 1.165) is 20.5 Å². The molecule has 4 aromatic carbocycles. The molecule has 4 nitrogen and oxygen atoms in total. The molecule has 0 saturated carbocycles. The number of nitrogens with zero attached hydrogens (tertiary/aromatic N) is 1. The first-order chi connectivity index (χ1) is 16.2. The molecule has 0 bridgehead atoms. The van der Waals surface area contributed by atoms with Crippen molar-refractivity contribution in [1.29, 1.82) is 0 Å². The van der Waals surface area contributed by atoms with Crippen LogP contribution in [0.25, 0.3) is 5.69 Å². The fourth-order valence-corrected chi connectivity index (χ4v) is 8.71. The van der Waals surface area contributed by atoms with Gasteiger partial charge in [0, 0.05) is 0 Å². The smallest absolute Gasteiger partial charge is 0.283 e. The molecule has 5 aromatic rings. The summed E-state index contributed by atoms with van der Waals surface area (Å²) in [7, 11) is 0. The minimum atomic E-state index is -2.95. The molecule has 0 aliphatic rings. The summed E-state index contributed by atoms with van der Waals surface area (Å²) in [6.07, 6.45) is 0. The van der Waals surface area contributed by atoms with E-state index in [1.54, 1.807) is 30.3 Å². The van der Waals surface area contributed by atoms with Gasteiger partial charge in [0.05, 0.1) is 5.69 Å². The minimum Gasteiger partial charge on any atom is -0.283 e. The van der Waals surface area contributed by atoms with Crippen molar-refractivity contribution in [2.75, 3.05) is 0 Å². The maximum Gasteiger partial charge on any atom is 0.306 e. The van der Waals surface area contributed by atoms with E-state index in [2.05, 4.69) is 0 Å². The van der Waals surface area contributed by atoms with Crippen LogP contribution >= 0.6 is 6.89 Å². The second-order valence-electron chi connectivity index (χ2n) is 7.64. The molecule has 0 radical (unpaired) electrons. The molecule has 160 valence electrons. The molecule has 0 fully saturated rings. The Morgan fingerprint density at radius 3 is 1.21 bits per heavy atom. The van der Waals surface area contributed by atoms with Crippen LogP contribution in [0.4, 0.5) is 0 Å². The summed E-state index contributed by atoms with van der Waals surface area (Å²) >= 11 is 0. The normalized spacial score (nSPS) is 11.4. The third-order valence-corrected chi connectivity index (χ3v) is 10.1. The molecular formula is C28H20NO3P. The molecule has 0 unspecified atom stereocenters. The Kier molecular flexibility index (Phi) is 5.37. The highest BCUT2D eigenvalue weighted by Gasteiger charge is 2.31. The molecule has 0 aliphatic carbocycles. The van der Waals surface area contributed by atoms with Crippen molar-refractivity contribution >= 4 is 22.8 Å². The molecule has 0 amide bonds. The van der Waals surface area contributed by atoms with Gasteiger partial charge in [-0.05, 0) is 34.9 Å². The van der Waals surface area contributed by atoms with E-state index in [1.165, 1.54) is 0 Å². The number of hydrogen-bond acceptors (Lipinski definition) is 3. The van der Waals surface area contributed by atoms with Crippen LogP contribution in [0.1, 0.15) is 0 Å². The molecule has 0 N–H and O–H groups in total. The van der Waals surface area contributed by atoms with Crippen LogP contribution < -0.4 is 32.5 Å². The Bertz CT molecular complexity index is 1550. The minimum absolute atomic E-state index is 0.0416. The van der Waals surface area contributed by atoms with Crippen LogP contribution in [0.2, 0.25) is 0 Å². The van der Waals surface area contributed by atoms with Crippen molar-refractivity contribution in [1.82, 2.24) is 4.57 Å². The lowest BCUT2D eigenvalue weighted by molar-refractivity contribution is 0.975. The largest absolute Gasteiger partial charge is 0.306 e. The van der Waals surface area contributed by atoms with Crippen molar-refractivity contribution in [2.24, 2.45) is 0 Å². The predicted molar refractivity (Wildman–Crippen MR) is 135 cm³/mol. The van der Waals surface area contributed by atoms with Gasteiger partial charge in [0.1, 0.15) is 4.94 Å². The van der Waals surface area contributed by atoms with Gasteiger partial charge in [0.2, 0.25) is 0 Å². The first-order valence-corrected chi connectivity index (χ1v) is 12.4. The van der Waals surface area contributed by atoms with Crippen LogP contribution in [0.5, 0.6) is 0 Å². The zero-order valence-corrected chi connectivity index (χ0v) is 18.6. The fraction of sp³-hybridized carbons (Fsp3) is 0. The Morgan fingerprint density at radius 1 is 0.455 bits per heavy atom. The van der Waals surface area contributed by atoms with Gasteiger partial charge in [-0.15, -0.1) is 0 Å². The highest BCUT2D eigenvalue weighted by Crippen LogP contribution is 2.45. The second kappa shape index (κ2) is 8.50. The van der Waals surface area contributed by atoms with Gasteiger partial charge in [-0.1, -0.05) is 109 Å². The third-order valence-electron chi connectivity index (χ3n) is 5.80. The van der Waals surface area contributed by atoms with Crippen molar-refractivity contribution in [3.63, 3.8) is 0 Å². The maximum absolute atomic E-state index is 14.0. The number of hydrogen-bond donors (Lipinski definition) is 0. The van der Waals surface area contributed by atoms with Gasteiger partial charge in [-0.2, -0.15) is 0 Å². The van der Waals surface area contributed by atoms with Crippen molar-refractivity contribution in [2.45, 2.75) is 0 Å². The highest BCUT2D eigenvalue weighted by molar-refractivity contribution is 7.89. The Balaban J connectivity index is 2.15. The number of benzene rings is 4. The fourth-order valence-electron chi connectivity index (χ4n) is 4.39. The van der Waals surface area contributed by atoms with E-state index in [0.29, 0.717) is 5.69 Å². The van der Waals surface area contributed by atoms with Crippen LogP contribution in [0, 0.1) is 4.94 Å². The molecule has 0 saturated heterocycles. The Morgan fingerprint density at radius 2 is 0.818 bits per heavy atom. The Hall–Kier alpha value is -4.01. The van der Waals surface area contributed by atoms with Crippen LogP contribution in [0.15, 0.2) is 136 Å². The molecule has 5 rings (SSSR count). The molecule has 0 spiro atoms. The van der Waals surface area contributed by atoms with E-state index < -0.39 is 23.4 Å². The maximum atomic E-state index is 14.0. The molecule has 0 atom stereocenters. The third kappa shape index (κ3) is 3.27. The van der Waals surface area contributed by atoms with E-state index in [4.69, 9.17) is 0 Å². The summed E-state index contributed by atoms with van der Waals surface area (Å²) in [6.45, 7) is -2.95. The topological polar surface area (TPSA) is 56.1 Å². The van der Waals surface area contributed by atoms with Gasteiger partial charge >= 0.3 is 5.56 Å². The van der Waals surface area contributed by atoms with Crippen molar-refractivity contribution < 1.29 is 0 Å². The van der Waals surface area contributed by atoms with Gasteiger partial charge in [-0.25, -0.2) is 4.57 Å². The number of rotatable bonds is 4. The molecule has 5 heteroatoms. The summed E-state index contributed by atoms with van der Waals surface area (Å²) in [5.74, 6) is 0. The number of para-hydroxylation sites is 1. The monoisotopic (exact) mass is 449 g/mol. The molecule has 33 heavy (non-hydrogen) atoms. The molecule has 1 heterocycles. The molecule has 1 aromatic heterocycles. The first-order valence-electron chi connectivity index (χ1n) is 10.6. The average Bonchev–Trinajstić information content (AvgIpc) is 3.11. The van der Waals surface area contributed by atoms with Crippen LogP contribution in [-0.4, -0.2) is 4.57 Å². The predicted octanol–water partition coefficient (Wildman–Crippen LogP) is 2.96. The Labute approximate surface area is 190 Å². The SMILES string of the molecule is O=c1c(=P(c2ccccc2)(c2ccccc2)c2ccccc2)c(=O)n(-c2ccccc2)c1=O. The van der Waals surface area contributed by atoms with E-state index in [1.807, 2.05) is 91.0 Å². The zero-order chi connectivity index (χ0) is 22.8. The summed E-state index contributed by atoms with van der Waals surface area (Å²) in [5.41, 5.74) is -1.72. The standard InChI is InChI=1S/C28H20NO3P/c30-25-26(28(32)29(27(25)31)21-13-5-1-6-14-21)33(22-15-7-2-8-16-22,23-17-9-3-10-18-23)24-19-11-4-12-20-24/h1-20H. The summed E-state index contributed by atoms with van der Waals surface area (Å²) in [4.78, 5) is 40.9. The zero-order valence-electron chi connectivity index (χ0n) is 17.7. The van der Waals surface area contributed by atoms with Gasteiger partial charge < -0.3 is 0 Å². The quantitative estimate of drug-likeness (QED) is 0.313. The summed E-state index contributed by atoms with van der Waals surface area (Å²) < 4.78 is 1.02. The molecule has 0 aliphatic heterocycles. The van der Waals surface area contributed by atoms with Crippen LogP contribution in [-0.2, 0) is 0 Å². The lowest BCUT2D eigenvalue weighted by Crippen LogP contribution is -2.30. The second-order valence-corrected chi connectivity index (χ2v) is 11.0. The van der Waals surface area contributed by atoms with Crippen LogP contribution in [0.3, 0.4) is 0 Å². The van der Waals surface area contributed by atoms with Gasteiger partial charge in [0.25, 0.3) is 11.0 Å². The first kappa shape index (κ1) is 20.9. The van der Waals surface area contributed by atoms with Crippen molar-refractivity contribution in [3.8, 4) is 5.69 Å². The lowest BCUT2D eigenvalue weighted by Gasteiger charge is -2.27. The summed E-state index contributed by atoms with van der Waals surface area (Å²) in [6, 6.07) is 37.4. The summed E-state index contributed by atoms with van der Waals surface area (Å²) in [5, 5.41) is 2.55. The number of aromatic nitrogens is 1. The van der Waals surface area contributed by atoms with Gasteiger partial charge in [0.15, 0.2) is 0 Å².